The molecule has 0 saturated carbocycles. The molecule has 0 aromatic carbocycles. The molecule has 2 aliphatic rings. The maximum atomic E-state index is 13.3. The van der Waals surface area contributed by atoms with Gasteiger partial charge in [0, 0.05) is 51.2 Å². The fraction of sp³-hybridized carbons (Fsp3) is 0.611. The second-order valence-electron chi connectivity index (χ2n) is 7.09. The number of carbonyl (C=O) groups is 1. The van der Waals surface area contributed by atoms with Crippen molar-refractivity contribution in [3.8, 4) is 0 Å². The van der Waals surface area contributed by atoms with Crippen LogP contribution in [-0.2, 0) is 4.79 Å². The van der Waals surface area contributed by atoms with Crippen LogP contribution >= 0.6 is 0 Å². The summed E-state index contributed by atoms with van der Waals surface area (Å²) < 4.78 is 0. The zero-order valence-electron chi connectivity index (χ0n) is 14.9. The van der Waals surface area contributed by atoms with E-state index >= 15 is 0 Å². The summed E-state index contributed by atoms with van der Waals surface area (Å²) in [5.74, 6) is 0.950. The van der Waals surface area contributed by atoms with Gasteiger partial charge in [0.25, 0.3) is 0 Å². The van der Waals surface area contributed by atoms with Gasteiger partial charge in [-0.25, -0.2) is 9.97 Å². The summed E-state index contributed by atoms with van der Waals surface area (Å²) >= 11 is 0. The van der Waals surface area contributed by atoms with Crippen LogP contribution in [-0.4, -0.2) is 70.0 Å². The Hall–Kier alpha value is -1.95. The molecule has 0 radical (unpaired) electrons. The monoisotopic (exact) mass is 329 g/mol. The molecular weight excluding hydrogens is 302 g/mol. The molecule has 6 nitrogen and oxygen atoms in total. The van der Waals surface area contributed by atoms with E-state index in [0.29, 0.717) is 12.5 Å². The lowest BCUT2D eigenvalue weighted by atomic mass is 9.90. The van der Waals surface area contributed by atoms with Crippen LogP contribution in [0.2, 0.25) is 0 Å². The normalized spacial score (nSPS) is 25.1. The van der Waals surface area contributed by atoms with Crippen molar-refractivity contribution in [2.45, 2.75) is 38.8 Å². The predicted octanol–water partition coefficient (Wildman–Crippen LogP) is 1.47. The topological polar surface area (TPSA) is 52.6 Å². The summed E-state index contributed by atoms with van der Waals surface area (Å²) in [6.07, 6.45) is 6.36. The average Bonchev–Trinajstić information content (AvgIpc) is 2.99. The molecule has 1 spiro atoms. The van der Waals surface area contributed by atoms with E-state index in [9.17, 15) is 4.79 Å². The Morgan fingerprint density at radius 1 is 1.29 bits per heavy atom. The molecule has 6 heteroatoms. The van der Waals surface area contributed by atoms with Crippen molar-refractivity contribution >= 4 is 11.9 Å². The smallest absolute Gasteiger partial charge is 0.245 e. The molecule has 0 N–H and O–H groups in total. The third kappa shape index (κ3) is 2.79. The van der Waals surface area contributed by atoms with Gasteiger partial charge >= 0.3 is 0 Å². The summed E-state index contributed by atoms with van der Waals surface area (Å²) in [5.41, 5.74) is 0.561. The van der Waals surface area contributed by atoms with E-state index in [1.54, 1.807) is 0 Å². The number of rotatable bonds is 4. The minimum atomic E-state index is -0.481. The van der Waals surface area contributed by atoms with Crippen LogP contribution in [0.5, 0.6) is 0 Å². The lowest BCUT2D eigenvalue weighted by molar-refractivity contribution is -0.151. The molecule has 0 bridgehead atoms. The fourth-order valence-electron chi connectivity index (χ4n) is 3.81. The maximum absolute atomic E-state index is 13.3. The number of nitrogens with zero attached hydrogens (tertiary/aromatic N) is 5. The van der Waals surface area contributed by atoms with Gasteiger partial charge in [0.15, 0.2) is 0 Å². The highest BCUT2D eigenvalue weighted by molar-refractivity contribution is 5.89. The standard InChI is InChI=1S/C18H27N5O/c1-5-7-22-9-10-23(14(2)3)16(24)18(22)6-8-21(13-18)17-19-11-15(4)12-20-17/h5,11-12,14H,1,6-10,13H2,2-4H3/t18-/m1/s1. The average molecular weight is 329 g/mol. The lowest BCUT2D eigenvalue weighted by Crippen LogP contribution is -2.68. The van der Waals surface area contributed by atoms with Crippen molar-refractivity contribution in [3.63, 3.8) is 0 Å². The summed E-state index contributed by atoms with van der Waals surface area (Å²) in [4.78, 5) is 28.6. The largest absolute Gasteiger partial charge is 0.338 e. The molecule has 1 atom stereocenters. The van der Waals surface area contributed by atoms with Gasteiger partial charge < -0.3 is 9.80 Å². The van der Waals surface area contributed by atoms with Crippen LogP contribution < -0.4 is 4.90 Å². The van der Waals surface area contributed by atoms with Crippen LogP contribution in [0.25, 0.3) is 0 Å². The summed E-state index contributed by atoms with van der Waals surface area (Å²) in [5, 5.41) is 0. The van der Waals surface area contributed by atoms with Crippen LogP contribution in [0.3, 0.4) is 0 Å². The van der Waals surface area contributed by atoms with Crippen molar-refractivity contribution in [1.29, 1.82) is 0 Å². The van der Waals surface area contributed by atoms with Gasteiger partial charge in [0.1, 0.15) is 5.54 Å². The number of piperazine rings is 1. The summed E-state index contributed by atoms with van der Waals surface area (Å²) in [6, 6.07) is 0.227. The predicted molar refractivity (Wildman–Crippen MR) is 94.9 cm³/mol. The first-order valence-corrected chi connectivity index (χ1v) is 8.68. The van der Waals surface area contributed by atoms with E-state index in [1.807, 2.05) is 30.3 Å². The third-order valence-corrected chi connectivity index (χ3v) is 5.15. The Balaban J connectivity index is 1.88. The van der Waals surface area contributed by atoms with Crippen LogP contribution in [0.1, 0.15) is 25.8 Å². The van der Waals surface area contributed by atoms with E-state index in [4.69, 9.17) is 0 Å². The molecule has 2 aliphatic heterocycles. The number of aromatic nitrogens is 2. The Morgan fingerprint density at radius 2 is 2.00 bits per heavy atom. The minimum absolute atomic E-state index is 0.227. The second kappa shape index (κ2) is 6.51. The van der Waals surface area contributed by atoms with Gasteiger partial charge in [-0.15, -0.1) is 6.58 Å². The maximum Gasteiger partial charge on any atom is 0.245 e. The van der Waals surface area contributed by atoms with E-state index in [2.05, 4.69) is 40.2 Å². The van der Waals surface area contributed by atoms with Crippen LogP contribution in [0.4, 0.5) is 5.95 Å². The van der Waals surface area contributed by atoms with Gasteiger partial charge in [0.05, 0.1) is 0 Å². The van der Waals surface area contributed by atoms with Gasteiger partial charge in [0.2, 0.25) is 11.9 Å². The highest BCUT2D eigenvalue weighted by Gasteiger charge is 2.53. The Kier molecular flexibility index (Phi) is 4.58. The van der Waals surface area contributed by atoms with Gasteiger partial charge in [-0.3, -0.25) is 9.69 Å². The summed E-state index contributed by atoms with van der Waals surface area (Å²) in [7, 11) is 0. The van der Waals surface area contributed by atoms with Crippen molar-refractivity contribution < 1.29 is 4.79 Å². The number of hydrogen-bond donors (Lipinski definition) is 0. The van der Waals surface area contributed by atoms with Gasteiger partial charge in [-0.05, 0) is 32.8 Å². The van der Waals surface area contributed by atoms with Gasteiger partial charge in [-0.2, -0.15) is 0 Å². The molecule has 3 rings (SSSR count). The highest BCUT2D eigenvalue weighted by Crippen LogP contribution is 2.35. The number of anilines is 1. The van der Waals surface area contributed by atoms with Gasteiger partial charge in [-0.1, -0.05) is 6.08 Å². The van der Waals surface area contributed by atoms with E-state index in [-0.39, 0.29) is 11.9 Å². The van der Waals surface area contributed by atoms with E-state index in [0.717, 1.165) is 38.2 Å². The molecule has 1 aromatic rings. The van der Waals surface area contributed by atoms with E-state index < -0.39 is 5.54 Å². The van der Waals surface area contributed by atoms with Crippen molar-refractivity contribution in [3.05, 3.63) is 30.6 Å². The Morgan fingerprint density at radius 3 is 2.62 bits per heavy atom. The van der Waals surface area contributed by atoms with Crippen molar-refractivity contribution in [2.24, 2.45) is 0 Å². The third-order valence-electron chi connectivity index (χ3n) is 5.15. The molecule has 0 unspecified atom stereocenters. The first-order valence-electron chi connectivity index (χ1n) is 8.68. The SMILES string of the molecule is C=CCN1CCN(C(C)C)C(=O)[C@]12CCN(c1ncc(C)cn1)C2. The second-order valence-corrected chi connectivity index (χ2v) is 7.09. The molecule has 24 heavy (non-hydrogen) atoms. The molecule has 0 aliphatic carbocycles. The molecular formula is C18H27N5O. The van der Waals surface area contributed by atoms with Crippen molar-refractivity contribution in [1.82, 2.24) is 19.8 Å². The molecule has 130 valence electrons. The molecule has 2 saturated heterocycles. The molecule has 1 aromatic heterocycles. The zero-order chi connectivity index (χ0) is 17.3. The minimum Gasteiger partial charge on any atom is -0.338 e. The molecule has 1 amide bonds. The lowest BCUT2D eigenvalue weighted by Gasteiger charge is -2.48. The van der Waals surface area contributed by atoms with Crippen LogP contribution in [0, 0.1) is 6.92 Å². The zero-order valence-corrected chi connectivity index (χ0v) is 14.9. The van der Waals surface area contributed by atoms with Crippen molar-refractivity contribution in [2.75, 3.05) is 37.6 Å². The Bertz CT molecular complexity index is 614. The molecule has 2 fully saturated rings. The van der Waals surface area contributed by atoms with E-state index in [1.165, 1.54) is 0 Å². The highest BCUT2D eigenvalue weighted by atomic mass is 16.2. The van der Waals surface area contributed by atoms with Crippen LogP contribution in [0.15, 0.2) is 25.0 Å². The number of aryl methyl sites for hydroxylation is 1. The number of carbonyl (C=O) groups excluding carboxylic acids is 1. The number of hydrogen-bond acceptors (Lipinski definition) is 5. The number of amides is 1. The summed E-state index contributed by atoms with van der Waals surface area (Å²) in [6.45, 7) is 13.9. The first kappa shape index (κ1) is 16.9. The quantitative estimate of drug-likeness (QED) is 0.783. The Labute approximate surface area is 144 Å². The first-order chi connectivity index (χ1) is 11.5. The fourth-order valence-corrected chi connectivity index (χ4v) is 3.81. The molecule has 3 heterocycles.